The molecule has 0 bridgehead atoms. The Bertz CT molecular complexity index is 501. The summed E-state index contributed by atoms with van der Waals surface area (Å²) < 4.78 is 0. The lowest BCUT2D eigenvalue weighted by atomic mass is 9.85. The van der Waals surface area contributed by atoms with E-state index in [9.17, 15) is 14.7 Å². The van der Waals surface area contributed by atoms with Gasteiger partial charge in [0.15, 0.2) is 0 Å². The molecule has 0 saturated heterocycles. The van der Waals surface area contributed by atoms with Gasteiger partial charge in [0.1, 0.15) is 0 Å². The molecule has 4 nitrogen and oxygen atoms in total. The average molecular weight is 303 g/mol. The van der Waals surface area contributed by atoms with E-state index in [0.29, 0.717) is 15.7 Å². The van der Waals surface area contributed by atoms with E-state index in [4.69, 9.17) is 23.2 Å². The Morgan fingerprint density at radius 1 is 1.26 bits per heavy atom. The third-order valence-electron chi connectivity index (χ3n) is 2.46. The van der Waals surface area contributed by atoms with Crippen LogP contribution in [-0.2, 0) is 9.59 Å². The largest absolute Gasteiger partial charge is 0.550 e. The van der Waals surface area contributed by atoms with Gasteiger partial charge in [0, 0.05) is 17.4 Å². The van der Waals surface area contributed by atoms with Crippen molar-refractivity contribution in [3.05, 3.63) is 28.2 Å². The number of anilines is 1. The van der Waals surface area contributed by atoms with Crippen molar-refractivity contribution < 1.29 is 14.7 Å². The average Bonchev–Trinajstić information content (AvgIpc) is 2.20. The van der Waals surface area contributed by atoms with E-state index < -0.39 is 11.4 Å². The molecule has 0 atom stereocenters. The zero-order valence-corrected chi connectivity index (χ0v) is 12.1. The van der Waals surface area contributed by atoms with Crippen LogP contribution in [0.25, 0.3) is 0 Å². The molecule has 1 aromatic carbocycles. The van der Waals surface area contributed by atoms with E-state index in [-0.39, 0.29) is 18.7 Å². The quantitative estimate of drug-likeness (QED) is 0.908. The van der Waals surface area contributed by atoms with Crippen molar-refractivity contribution in [1.82, 2.24) is 0 Å². The minimum Gasteiger partial charge on any atom is -0.550 e. The summed E-state index contributed by atoms with van der Waals surface area (Å²) in [5, 5.41) is 14.0. The van der Waals surface area contributed by atoms with Gasteiger partial charge in [-0.15, -0.1) is 0 Å². The van der Waals surface area contributed by atoms with Crippen LogP contribution in [0.15, 0.2) is 18.2 Å². The number of nitrogens with one attached hydrogen (secondary N) is 1. The molecule has 0 aliphatic heterocycles. The van der Waals surface area contributed by atoms with Crippen LogP contribution in [0.1, 0.15) is 26.7 Å². The van der Waals surface area contributed by atoms with Gasteiger partial charge in [0.2, 0.25) is 5.91 Å². The van der Waals surface area contributed by atoms with Crippen LogP contribution < -0.4 is 10.4 Å². The molecular weight excluding hydrogens is 289 g/mol. The molecular formula is C13H14Cl2NO3-. The SMILES string of the molecule is CC(C)(CC(=O)[O-])CC(=O)Nc1cc(Cl)ccc1Cl. The summed E-state index contributed by atoms with van der Waals surface area (Å²) in [5.74, 6) is -1.51. The first-order chi connectivity index (χ1) is 8.69. The van der Waals surface area contributed by atoms with Gasteiger partial charge in [-0.05, 0) is 30.0 Å². The Kier molecular flexibility index (Phi) is 5.20. The molecule has 19 heavy (non-hydrogen) atoms. The highest BCUT2D eigenvalue weighted by molar-refractivity contribution is 6.35. The van der Waals surface area contributed by atoms with E-state index in [1.807, 2.05) is 0 Å². The van der Waals surface area contributed by atoms with Crippen LogP contribution in [0.2, 0.25) is 10.0 Å². The molecule has 0 fully saturated rings. The van der Waals surface area contributed by atoms with Gasteiger partial charge >= 0.3 is 0 Å². The third kappa shape index (κ3) is 5.49. The van der Waals surface area contributed by atoms with Crippen molar-refractivity contribution >= 4 is 40.8 Å². The number of hydrogen-bond acceptors (Lipinski definition) is 3. The molecule has 0 aliphatic carbocycles. The lowest BCUT2D eigenvalue weighted by Gasteiger charge is -2.24. The zero-order valence-electron chi connectivity index (χ0n) is 10.6. The highest BCUT2D eigenvalue weighted by atomic mass is 35.5. The molecule has 1 rings (SSSR count). The predicted molar refractivity (Wildman–Crippen MR) is 73.1 cm³/mol. The van der Waals surface area contributed by atoms with Gasteiger partial charge in [-0.3, -0.25) is 4.79 Å². The first-order valence-corrected chi connectivity index (χ1v) is 6.40. The normalized spacial score (nSPS) is 11.2. The summed E-state index contributed by atoms with van der Waals surface area (Å²) in [6.45, 7) is 3.36. The Morgan fingerprint density at radius 3 is 2.47 bits per heavy atom. The van der Waals surface area contributed by atoms with E-state index in [0.717, 1.165) is 0 Å². The molecule has 0 spiro atoms. The van der Waals surface area contributed by atoms with Crippen LogP contribution in [0.3, 0.4) is 0 Å². The first-order valence-electron chi connectivity index (χ1n) is 5.64. The Labute approximate surface area is 121 Å². The van der Waals surface area contributed by atoms with Gasteiger partial charge in [0.05, 0.1) is 10.7 Å². The predicted octanol–water partition coefficient (Wildman–Crippen LogP) is 2.49. The Hall–Kier alpha value is -1.26. The fraction of sp³-hybridized carbons (Fsp3) is 0.385. The van der Waals surface area contributed by atoms with Gasteiger partial charge in [-0.1, -0.05) is 37.0 Å². The third-order valence-corrected chi connectivity index (χ3v) is 3.03. The first kappa shape index (κ1) is 15.8. The highest BCUT2D eigenvalue weighted by Crippen LogP contribution is 2.28. The molecule has 104 valence electrons. The number of carbonyl (C=O) groups is 2. The summed E-state index contributed by atoms with van der Waals surface area (Å²) >= 11 is 11.7. The van der Waals surface area contributed by atoms with Gasteiger partial charge < -0.3 is 15.2 Å². The van der Waals surface area contributed by atoms with E-state index in [2.05, 4.69) is 5.32 Å². The summed E-state index contributed by atoms with van der Waals surface area (Å²) in [6, 6.07) is 4.72. The van der Waals surface area contributed by atoms with Gasteiger partial charge in [-0.2, -0.15) is 0 Å². The minimum absolute atomic E-state index is 0.0455. The Morgan fingerprint density at radius 2 is 1.89 bits per heavy atom. The summed E-state index contributed by atoms with van der Waals surface area (Å²) in [7, 11) is 0. The lowest BCUT2D eigenvalue weighted by Crippen LogP contribution is -2.31. The van der Waals surface area contributed by atoms with E-state index >= 15 is 0 Å². The number of amides is 1. The molecule has 0 aliphatic rings. The number of carboxylic acids is 1. The molecule has 0 radical (unpaired) electrons. The van der Waals surface area contributed by atoms with Crippen molar-refractivity contribution in [1.29, 1.82) is 0 Å². The van der Waals surface area contributed by atoms with E-state index in [1.54, 1.807) is 26.0 Å². The number of halogens is 2. The monoisotopic (exact) mass is 302 g/mol. The van der Waals surface area contributed by atoms with Gasteiger partial charge in [-0.25, -0.2) is 0 Å². The summed E-state index contributed by atoms with van der Waals surface area (Å²) in [4.78, 5) is 22.4. The number of carbonyl (C=O) groups excluding carboxylic acids is 2. The van der Waals surface area contributed by atoms with Crippen molar-refractivity contribution in [3.63, 3.8) is 0 Å². The molecule has 0 aromatic heterocycles. The van der Waals surface area contributed by atoms with Crippen molar-refractivity contribution in [3.8, 4) is 0 Å². The van der Waals surface area contributed by atoms with Crippen LogP contribution in [0, 0.1) is 5.41 Å². The van der Waals surface area contributed by atoms with E-state index in [1.165, 1.54) is 6.07 Å². The number of aliphatic carboxylic acids is 1. The molecule has 1 aromatic rings. The van der Waals surface area contributed by atoms with Crippen molar-refractivity contribution in [2.24, 2.45) is 5.41 Å². The zero-order chi connectivity index (χ0) is 14.6. The Balaban J connectivity index is 2.70. The molecule has 0 heterocycles. The summed E-state index contributed by atoms with van der Waals surface area (Å²) in [6.07, 6.45) is -0.145. The highest BCUT2D eigenvalue weighted by Gasteiger charge is 2.22. The number of benzene rings is 1. The minimum atomic E-state index is -1.18. The number of rotatable bonds is 5. The molecule has 1 amide bonds. The summed E-state index contributed by atoms with van der Waals surface area (Å²) in [5.41, 5.74) is -0.281. The second kappa shape index (κ2) is 6.26. The second-order valence-electron chi connectivity index (χ2n) is 5.06. The van der Waals surface area contributed by atoms with Crippen molar-refractivity contribution in [2.75, 3.05) is 5.32 Å². The van der Waals surface area contributed by atoms with Crippen LogP contribution in [-0.4, -0.2) is 11.9 Å². The number of hydrogen-bond donors (Lipinski definition) is 1. The standard InChI is InChI=1S/C13H15Cl2NO3/c1-13(2,7-12(18)19)6-11(17)16-10-5-8(14)3-4-9(10)15/h3-5H,6-7H2,1-2H3,(H,16,17)(H,18,19)/p-1. The molecule has 6 heteroatoms. The number of carboxylic acid groups (broad SMARTS) is 1. The lowest BCUT2D eigenvalue weighted by molar-refractivity contribution is -0.307. The molecule has 0 unspecified atom stereocenters. The second-order valence-corrected chi connectivity index (χ2v) is 5.91. The smallest absolute Gasteiger partial charge is 0.224 e. The fourth-order valence-corrected chi connectivity index (χ4v) is 2.01. The van der Waals surface area contributed by atoms with Crippen LogP contribution in [0.5, 0.6) is 0 Å². The topological polar surface area (TPSA) is 69.2 Å². The maximum Gasteiger partial charge on any atom is 0.224 e. The molecule has 1 N–H and O–H groups in total. The van der Waals surface area contributed by atoms with Crippen LogP contribution in [0.4, 0.5) is 5.69 Å². The van der Waals surface area contributed by atoms with Crippen LogP contribution >= 0.6 is 23.2 Å². The van der Waals surface area contributed by atoms with Crippen molar-refractivity contribution in [2.45, 2.75) is 26.7 Å². The van der Waals surface area contributed by atoms with Gasteiger partial charge in [0.25, 0.3) is 0 Å². The molecule has 0 saturated carbocycles. The maximum atomic E-state index is 11.8. The fourth-order valence-electron chi connectivity index (χ4n) is 1.68. The maximum absolute atomic E-state index is 11.8.